The molecule has 20 heavy (non-hydrogen) atoms. The summed E-state index contributed by atoms with van der Waals surface area (Å²) in [7, 11) is 0. The fourth-order valence-corrected chi connectivity index (χ4v) is 2.69. The minimum atomic E-state index is 0.0359. The molecule has 0 aromatic heterocycles. The van der Waals surface area contributed by atoms with E-state index in [1.165, 1.54) is 0 Å². The van der Waals surface area contributed by atoms with Gasteiger partial charge in [-0.15, -0.1) is 0 Å². The van der Waals surface area contributed by atoms with Gasteiger partial charge in [-0.05, 0) is 38.8 Å². The van der Waals surface area contributed by atoms with Crippen LogP contribution in [0.2, 0.25) is 0 Å². The molecular formula is C16H24BrNO2. The smallest absolute Gasteiger partial charge is 0.249 e. The van der Waals surface area contributed by atoms with E-state index < -0.39 is 0 Å². The molecule has 0 bridgehead atoms. The number of amides is 1. The first kappa shape index (κ1) is 17.2. The van der Waals surface area contributed by atoms with Crippen LogP contribution in [0.4, 0.5) is 0 Å². The van der Waals surface area contributed by atoms with E-state index in [2.05, 4.69) is 29.8 Å². The Bertz CT molecular complexity index is 434. The number of carbonyl (C=O) groups excluding carboxylic acids is 1. The Morgan fingerprint density at radius 3 is 2.50 bits per heavy atom. The first-order valence-corrected chi connectivity index (χ1v) is 7.92. The minimum absolute atomic E-state index is 0.0359. The Hall–Kier alpha value is -0.870. The lowest BCUT2D eigenvalue weighted by Crippen LogP contribution is -2.37. The molecule has 112 valence electrons. The summed E-state index contributed by atoms with van der Waals surface area (Å²) >= 11 is 3.56. The van der Waals surface area contributed by atoms with Gasteiger partial charge in [0.2, 0.25) is 5.91 Å². The van der Waals surface area contributed by atoms with Crippen molar-refractivity contribution >= 4 is 21.8 Å². The minimum Gasteiger partial charge on any atom is -0.369 e. The van der Waals surface area contributed by atoms with Crippen molar-refractivity contribution in [1.29, 1.82) is 0 Å². The summed E-state index contributed by atoms with van der Waals surface area (Å²) in [5.41, 5.74) is 1.12. The van der Waals surface area contributed by atoms with E-state index in [0.29, 0.717) is 0 Å². The Kier molecular flexibility index (Phi) is 7.24. The van der Waals surface area contributed by atoms with Crippen LogP contribution in [-0.4, -0.2) is 30.1 Å². The van der Waals surface area contributed by atoms with Crippen LogP contribution < -0.4 is 0 Å². The van der Waals surface area contributed by atoms with Crippen LogP contribution in [0, 0.1) is 0 Å². The average molecular weight is 342 g/mol. The molecule has 4 heteroatoms. The summed E-state index contributed by atoms with van der Waals surface area (Å²) in [4.78, 5) is 14.2. The second-order valence-corrected chi connectivity index (χ2v) is 6.00. The zero-order valence-corrected chi connectivity index (χ0v) is 14.3. The lowest BCUT2D eigenvalue weighted by molar-refractivity contribution is -0.139. The molecule has 0 radical (unpaired) electrons. The molecule has 1 atom stereocenters. The Balaban J connectivity index is 2.84. The van der Waals surface area contributed by atoms with E-state index >= 15 is 0 Å². The molecule has 0 aliphatic rings. The molecule has 0 heterocycles. The molecule has 0 fully saturated rings. The lowest BCUT2D eigenvalue weighted by Gasteiger charge is -2.30. The Labute approximate surface area is 130 Å². The number of hydrogen-bond donors (Lipinski definition) is 0. The van der Waals surface area contributed by atoms with Crippen molar-refractivity contribution in [3.05, 3.63) is 34.3 Å². The van der Waals surface area contributed by atoms with E-state index in [4.69, 9.17) is 4.74 Å². The normalized spacial score (nSPS) is 12.5. The van der Waals surface area contributed by atoms with E-state index in [1.807, 2.05) is 43.0 Å². The largest absolute Gasteiger partial charge is 0.369 e. The number of ether oxygens (including phenoxy) is 1. The Morgan fingerprint density at radius 1 is 1.30 bits per heavy atom. The van der Waals surface area contributed by atoms with Gasteiger partial charge >= 0.3 is 0 Å². The third kappa shape index (κ3) is 4.91. The average Bonchev–Trinajstić information content (AvgIpc) is 2.42. The predicted molar refractivity (Wildman–Crippen MR) is 85.6 cm³/mol. The first-order valence-electron chi connectivity index (χ1n) is 7.12. The van der Waals surface area contributed by atoms with Crippen molar-refractivity contribution in [1.82, 2.24) is 4.90 Å². The number of halogens is 1. The summed E-state index contributed by atoms with van der Waals surface area (Å²) in [5.74, 6) is 0.0452. The predicted octanol–water partition coefficient (Wildman–Crippen LogP) is 4.17. The molecule has 3 nitrogen and oxygen atoms in total. The zero-order chi connectivity index (χ0) is 15.1. The van der Waals surface area contributed by atoms with E-state index in [1.54, 1.807) is 0 Å². The van der Waals surface area contributed by atoms with Crippen molar-refractivity contribution < 1.29 is 9.53 Å². The van der Waals surface area contributed by atoms with Crippen LogP contribution in [0.15, 0.2) is 28.7 Å². The number of hydrogen-bond acceptors (Lipinski definition) is 2. The van der Waals surface area contributed by atoms with Crippen molar-refractivity contribution in [2.45, 2.75) is 46.3 Å². The topological polar surface area (TPSA) is 29.5 Å². The van der Waals surface area contributed by atoms with Gasteiger partial charge in [-0.2, -0.15) is 0 Å². The molecule has 1 amide bonds. The lowest BCUT2D eigenvalue weighted by atomic mass is 10.1. The second-order valence-electron chi connectivity index (χ2n) is 5.14. The molecule has 0 aliphatic heterocycles. The van der Waals surface area contributed by atoms with Crippen LogP contribution in [0.25, 0.3) is 0 Å². The number of rotatable bonds is 7. The maximum Gasteiger partial charge on any atom is 0.249 e. The maximum absolute atomic E-state index is 12.3. The number of benzene rings is 1. The molecule has 0 saturated heterocycles. The van der Waals surface area contributed by atoms with E-state index in [0.717, 1.165) is 23.0 Å². The van der Waals surface area contributed by atoms with E-state index in [9.17, 15) is 4.79 Å². The van der Waals surface area contributed by atoms with Crippen LogP contribution in [0.1, 0.15) is 45.7 Å². The highest BCUT2D eigenvalue weighted by atomic mass is 79.9. The summed E-state index contributed by atoms with van der Waals surface area (Å²) in [6.07, 6.45) is 1.00. The highest BCUT2D eigenvalue weighted by Gasteiger charge is 2.22. The summed E-state index contributed by atoms with van der Waals surface area (Å²) in [6.45, 7) is 8.90. The van der Waals surface area contributed by atoms with Crippen LogP contribution in [0.5, 0.6) is 0 Å². The molecule has 1 aromatic rings. The van der Waals surface area contributed by atoms with Gasteiger partial charge in [0.05, 0.1) is 12.1 Å². The van der Waals surface area contributed by atoms with Crippen molar-refractivity contribution in [2.24, 2.45) is 0 Å². The monoisotopic (exact) mass is 341 g/mol. The fraction of sp³-hybridized carbons (Fsp3) is 0.562. The van der Waals surface area contributed by atoms with Gasteiger partial charge in [0.25, 0.3) is 0 Å². The highest BCUT2D eigenvalue weighted by Crippen LogP contribution is 2.27. The van der Waals surface area contributed by atoms with Crippen molar-refractivity contribution in [2.75, 3.05) is 13.2 Å². The molecule has 0 N–H and O–H groups in total. The maximum atomic E-state index is 12.3. The SMILES string of the molecule is CCCN(C(=O)COC(C)C)C(C)c1ccccc1Br. The fourth-order valence-electron chi connectivity index (χ4n) is 2.08. The Morgan fingerprint density at radius 2 is 1.95 bits per heavy atom. The van der Waals surface area contributed by atoms with Gasteiger partial charge in [-0.25, -0.2) is 0 Å². The third-order valence-electron chi connectivity index (χ3n) is 3.15. The van der Waals surface area contributed by atoms with Crippen LogP contribution >= 0.6 is 15.9 Å². The molecule has 0 spiro atoms. The van der Waals surface area contributed by atoms with Crippen molar-refractivity contribution in [3.63, 3.8) is 0 Å². The highest BCUT2D eigenvalue weighted by molar-refractivity contribution is 9.10. The molecule has 0 aliphatic carbocycles. The summed E-state index contributed by atoms with van der Waals surface area (Å²) < 4.78 is 6.48. The van der Waals surface area contributed by atoms with Gasteiger partial charge < -0.3 is 9.64 Å². The molecule has 1 aromatic carbocycles. The third-order valence-corrected chi connectivity index (χ3v) is 3.87. The molecule has 0 saturated carbocycles. The molecule has 1 rings (SSSR count). The van der Waals surface area contributed by atoms with Gasteiger partial charge in [0.15, 0.2) is 0 Å². The van der Waals surface area contributed by atoms with Crippen LogP contribution in [-0.2, 0) is 9.53 Å². The number of nitrogens with zero attached hydrogens (tertiary/aromatic N) is 1. The molecular weight excluding hydrogens is 318 g/mol. The standard InChI is InChI=1S/C16H24BrNO2/c1-5-10-18(16(19)11-20-12(2)3)13(4)14-8-6-7-9-15(14)17/h6-9,12-13H,5,10-11H2,1-4H3. The zero-order valence-electron chi connectivity index (χ0n) is 12.7. The van der Waals surface area contributed by atoms with Gasteiger partial charge in [0, 0.05) is 11.0 Å². The second kappa shape index (κ2) is 8.42. The summed E-state index contributed by atoms with van der Waals surface area (Å²) in [5, 5.41) is 0. The number of carbonyl (C=O) groups is 1. The van der Waals surface area contributed by atoms with E-state index in [-0.39, 0.29) is 24.7 Å². The van der Waals surface area contributed by atoms with Gasteiger partial charge in [-0.1, -0.05) is 41.1 Å². The van der Waals surface area contributed by atoms with Crippen molar-refractivity contribution in [3.8, 4) is 0 Å². The van der Waals surface area contributed by atoms with Gasteiger partial charge in [-0.3, -0.25) is 4.79 Å². The molecule has 1 unspecified atom stereocenters. The summed E-state index contributed by atoms with van der Waals surface area (Å²) in [6, 6.07) is 8.07. The first-order chi connectivity index (χ1) is 9.47. The van der Waals surface area contributed by atoms with Gasteiger partial charge in [0.1, 0.15) is 6.61 Å². The quantitative estimate of drug-likeness (QED) is 0.744. The van der Waals surface area contributed by atoms with Crippen LogP contribution in [0.3, 0.4) is 0 Å².